The number of aliphatic hydroxyl groups excluding tert-OH is 2. The average molecular weight is 1040 g/mol. The molecule has 2 unspecified atom stereocenters. The Bertz CT molecular complexity index is 1200. The quantitative estimate of drug-likeness (QED) is 0.0244. The summed E-state index contributed by atoms with van der Waals surface area (Å²) in [5.74, 6) is -0.104. The first-order chi connectivity index (χ1) is 36.5. The van der Waals surface area contributed by atoms with E-state index in [-0.39, 0.29) is 18.5 Å². The zero-order chi connectivity index (χ0) is 53.6. The van der Waals surface area contributed by atoms with E-state index in [0.29, 0.717) is 19.4 Å². The summed E-state index contributed by atoms with van der Waals surface area (Å²) in [5.41, 5.74) is 0. The molecule has 3 N–H and O–H groups in total. The third kappa shape index (κ3) is 59.3. The lowest BCUT2D eigenvalue weighted by molar-refractivity contribution is -0.143. The summed E-state index contributed by atoms with van der Waals surface area (Å²) in [6.07, 6.45) is 80.6. The Labute approximate surface area is 462 Å². The zero-order valence-corrected chi connectivity index (χ0v) is 49.8. The van der Waals surface area contributed by atoms with E-state index in [1.807, 2.05) is 6.08 Å². The Morgan fingerprint density at radius 3 is 1.00 bits per heavy atom. The Morgan fingerprint density at radius 2 is 0.662 bits per heavy atom. The molecule has 0 heterocycles. The van der Waals surface area contributed by atoms with Gasteiger partial charge in [-0.25, -0.2) is 0 Å². The van der Waals surface area contributed by atoms with Crippen LogP contribution in [0.15, 0.2) is 36.5 Å². The van der Waals surface area contributed by atoms with Crippen molar-refractivity contribution >= 4 is 11.9 Å². The summed E-state index contributed by atoms with van der Waals surface area (Å²) in [6.45, 7) is 4.88. The van der Waals surface area contributed by atoms with Crippen LogP contribution in [0.4, 0.5) is 0 Å². The molecule has 74 heavy (non-hydrogen) atoms. The van der Waals surface area contributed by atoms with Gasteiger partial charge in [0.2, 0.25) is 5.91 Å². The molecule has 0 spiro atoms. The highest BCUT2D eigenvalue weighted by atomic mass is 16.5. The second-order valence-corrected chi connectivity index (χ2v) is 22.8. The van der Waals surface area contributed by atoms with Gasteiger partial charge in [0.1, 0.15) is 0 Å². The highest BCUT2D eigenvalue weighted by Gasteiger charge is 2.18. The molecule has 0 aliphatic heterocycles. The Hall–Kier alpha value is -1.92. The fourth-order valence-electron chi connectivity index (χ4n) is 10.3. The Kier molecular flexibility index (Phi) is 62.0. The second kappa shape index (κ2) is 63.6. The molecule has 0 aromatic heterocycles. The first kappa shape index (κ1) is 72.1. The largest absolute Gasteiger partial charge is 0.466 e. The van der Waals surface area contributed by atoms with E-state index in [1.165, 1.54) is 257 Å². The summed E-state index contributed by atoms with van der Waals surface area (Å²) in [7, 11) is 0. The summed E-state index contributed by atoms with van der Waals surface area (Å²) in [4.78, 5) is 24.6. The minimum absolute atomic E-state index is 0.0174. The fourth-order valence-corrected chi connectivity index (χ4v) is 10.3. The number of carbonyl (C=O) groups excluding carboxylic acids is 2. The molecule has 2 atom stereocenters. The summed E-state index contributed by atoms with van der Waals surface area (Å²) in [5, 5.41) is 23.2. The van der Waals surface area contributed by atoms with Crippen LogP contribution < -0.4 is 5.32 Å². The van der Waals surface area contributed by atoms with E-state index in [9.17, 15) is 19.8 Å². The third-order valence-electron chi connectivity index (χ3n) is 15.4. The molecule has 0 saturated carbocycles. The monoisotopic (exact) mass is 1040 g/mol. The van der Waals surface area contributed by atoms with Crippen molar-refractivity contribution in [3.05, 3.63) is 36.5 Å². The summed E-state index contributed by atoms with van der Waals surface area (Å²) in [6, 6.07) is -0.646. The number of amides is 1. The van der Waals surface area contributed by atoms with Crippen LogP contribution in [0.2, 0.25) is 0 Å². The number of hydrogen-bond donors (Lipinski definition) is 3. The van der Waals surface area contributed by atoms with Gasteiger partial charge in [-0.05, 0) is 64.2 Å². The molecular weight excluding hydrogens is 911 g/mol. The second-order valence-electron chi connectivity index (χ2n) is 22.8. The lowest BCUT2D eigenvalue weighted by atomic mass is 10.0. The van der Waals surface area contributed by atoms with E-state index in [2.05, 4.69) is 43.5 Å². The van der Waals surface area contributed by atoms with Crippen LogP contribution in [0.1, 0.15) is 361 Å². The van der Waals surface area contributed by atoms with E-state index >= 15 is 0 Å². The van der Waals surface area contributed by atoms with Crippen LogP contribution in [0, 0.1) is 0 Å². The van der Waals surface area contributed by atoms with Gasteiger partial charge in [-0.1, -0.05) is 320 Å². The van der Waals surface area contributed by atoms with Gasteiger partial charge in [0.15, 0.2) is 0 Å². The number of unbranched alkanes of at least 4 members (excludes halogenated alkanes) is 48. The number of esters is 1. The van der Waals surface area contributed by atoms with Crippen LogP contribution in [-0.2, 0) is 14.3 Å². The van der Waals surface area contributed by atoms with Gasteiger partial charge in [0.25, 0.3) is 0 Å². The lowest BCUT2D eigenvalue weighted by Crippen LogP contribution is -2.45. The van der Waals surface area contributed by atoms with Crippen LogP contribution in [-0.4, -0.2) is 47.4 Å². The van der Waals surface area contributed by atoms with Gasteiger partial charge < -0.3 is 20.3 Å². The van der Waals surface area contributed by atoms with E-state index in [0.717, 1.165) is 77.0 Å². The van der Waals surface area contributed by atoms with Gasteiger partial charge in [-0.2, -0.15) is 0 Å². The van der Waals surface area contributed by atoms with Crippen molar-refractivity contribution in [2.24, 2.45) is 0 Å². The standard InChI is InChI=1S/C68H129NO5/c1-3-5-7-9-11-13-15-17-19-21-23-24-25-26-28-29-32-36-40-44-48-52-56-60-66(71)65(64-70)69-67(72)61-57-53-49-45-41-37-33-31-35-39-43-47-51-55-59-63-74-68(73)62-58-54-50-46-42-38-34-30-27-22-20-18-16-14-12-10-8-6-4-2/h31,35,39,43,56,60,65-66,70-71H,3-30,32-34,36-38,40-42,44-55,57-59,61-64H2,1-2H3,(H,69,72)/b35-31-,43-39-,60-56+. The molecule has 0 aliphatic carbocycles. The normalized spacial score (nSPS) is 12.8. The predicted octanol–water partition coefficient (Wildman–Crippen LogP) is 21.1. The van der Waals surface area contributed by atoms with Crippen molar-refractivity contribution in [3.8, 4) is 0 Å². The number of ether oxygens (including phenoxy) is 1. The smallest absolute Gasteiger partial charge is 0.305 e. The van der Waals surface area contributed by atoms with Gasteiger partial charge in [-0.3, -0.25) is 9.59 Å². The first-order valence-corrected chi connectivity index (χ1v) is 33.3. The molecule has 0 rings (SSSR count). The van der Waals surface area contributed by atoms with Gasteiger partial charge >= 0.3 is 5.97 Å². The van der Waals surface area contributed by atoms with Crippen LogP contribution in [0.5, 0.6) is 0 Å². The molecule has 6 nitrogen and oxygen atoms in total. The number of carbonyl (C=O) groups is 2. The van der Waals surface area contributed by atoms with Gasteiger partial charge in [0.05, 0.1) is 25.4 Å². The Morgan fingerprint density at radius 1 is 0.378 bits per heavy atom. The van der Waals surface area contributed by atoms with E-state index in [4.69, 9.17) is 4.74 Å². The lowest BCUT2D eigenvalue weighted by Gasteiger charge is -2.20. The topological polar surface area (TPSA) is 95.9 Å². The maximum absolute atomic E-state index is 12.5. The van der Waals surface area contributed by atoms with Gasteiger partial charge in [0, 0.05) is 12.8 Å². The maximum atomic E-state index is 12.5. The molecule has 0 aromatic carbocycles. The molecule has 0 fully saturated rings. The van der Waals surface area contributed by atoms with E-state index < -0.39 is 12.1 Å². The van der Waals surface area contributed by atoms with Crippen molar-refractivity contribution in [1.29, 1.82) is 0 Å². The van der Waals surface area contributed by atoms with Gasteiger partial charge in [-0.15, -0.1) is 0 Å². The minimum atomic E-state index is -0.861. The van der Waals surface area contributed by atoms with Crippen LogP contribution in [0.3, 0.4) is 0 Å². The number of rotatable bonds is 62. The maximum Gasteiger partial charge on any atom is 0.305 e. The third-order valence-corrected chi connectivity index (χ3v) is 15.4. The summed E-state index contributed by atoms with van der Waals surface area (Å²) < 4.78 is 5.47. The van der Waals surface area contributed by atoms with Crippen molar-refractivity contribution in [1.82, 2.24) is 5.32 Å². The first-order valence-electron chi connectivity index (χ1n) is 33.3. The highest BCUT2D eigenvalue weighted by molar-refractivity contribution is 5.76. The number of hydrogen-bond acceptors (Lipinski definition) is 5. The predicted molar refractivity (Wildman–Crippen MR) is 324 cm³/mol. The number of aliphatic hydroxyl groups is 2. The zero-order valence-electron chi connectivity index (χ0n) is 49.8. The fraction of sp³-hybridized carbons (Fsp3) is 0.882. The molecule has 0 saturated heterocycles. The molecule has 0 aliphatic rings. The SMILES string of the molecule is CCCCCCCCCCCCCCCCCCCCCCC/C=C/C(O)C(CO)NC(=O)CCCCCCCC/C=C\C=C/CCCCCOC(=O)CCCCCCCCCCCCCCCCCCCCC. The number of nitrogens with one attached hydrogen (secondary N) is 1. The minimum Gasteiger partial charge on any atom is -0.466 e. The number of allylic oxidation sites excluding steroid dienone is 5. The van der Waals surface area contributed by atoms with Crippen molar-refractivity contribution in [3.63, 3.8) is 0 Å². The van der Waals surface area contributed by atoms with Crippen molar-refractivity contribution < 1.29 is 24.5 Å². The molecule has 1 amide bonds. The molecule has 6 heteroatoms. The molecule has 0 aromatic rings. The van der Waals surface area contributed by atoms with Crippen LogP contribution >= 0.6 is 0 Å². The molecular formula is C68H129NO5. The van der Waals surface area contributed by atoms with Crippen molar-refractivity contribution in [2.45, 2.75) is 373 Å². The molecule has 0 bridgehead atoms. The summed E-state index contributed by atoms with van der Waals surface area (Å²) >= 11 is 0. The van der Waals surface area contributed by atoms with E-state index in [1.54, 1.807) is 6.08 Å². The van der Waals surface area contributed by atoms with Crippen molar-refractivity contribution in [2.75, 3.05) is 13.2 Å². The average Bonchev–Trinajstić information content (AvgIpc) is 3.40. The Balaban J connectivity index is 3.51. The highest BCUT2D eigenvalue weighted by Crippen LogP contribution is 2.18. The molecule has 436 valence electrons. The van der Waals surface area contributed by atoms with Crippen LogP contribution in [0.25, 0.3) is 0 Å². The molecule has 0 radical (unpaired) electrons.